The third-order valence-electron chi connectivity index (χ3n) is 2.72. The van der Waals surface area contributed by atoms with Crippen molar-refractivity contribution in [1.82, 2.24) is 10.2 Å². The second-order valence-electron chi connectivity index (χ2n) is 4.36. The van der Waals surface area contributed by atoms with Gasteiger partial charge in [-0.1, -0.05) is 11.6 Å². The van der Waals surface area contributed by atoms with Crippen molar-refractivity contribution in [3.8, 4) is 11.8 Å². The predicted molar refractivity (Wildman–Crippen MR) is 81.0 cm³/mol. The van der Waals surface area contributed by atoms with Crippen LogP contribution < -0.4 is 9.46 Å². The van der Waals surface area contributed by atoms with Gasteiger partial charge in [-0.05, 0) is 18.2 Å². The third-order valence-corrected chi connectivity index (χ3v) is 4.10. The maximum Gasteiger partial charge on any atom is 0.238 e. The first-order valence-corrected chi connectivity index (χ1v) is 8.14. The summed E-state index contributed by atoms with van der Waals surface area (Å²) in [5.41, 5.74) is 0.0119. The van der Waals surface area contributed by atoms with Crippen molar-refractivity contribution in [3.05, 3.63) is 46.4 Å². The molecule has 0 atom stereocenters. The number of ether oxygens (including phenoxy) is 1. The number of methoxy groups -OCH3 is 1. The van der Waals surface area contributed by atoms with E-state index in [1.54, 1.807) is 0 Å². The van der Waals surface area contributed by atoms with Gasteiger partial charge in [-0.3, -0.25) is 4.72 Å². The summed E-state index contributed by atoms with van der Waals surface area (Å²) in [6.45, 7) is 0. The van der Waals surface area contributed by atoms with Gasteiger partial charge in [0.15, 0.2) is 10.9 Å². The van der Waals surface area contributed by atoms with Crippen LogP contribution in [0.15, 0.2) is 24.3 Å². The Kier molecular flexibility index (Phi) is 4.98. The Morgan fingerprint density at radius 2 is 2.13 bits per heavy atom. The molecule has 0 radical (unpaired) electrons. The van der Waals surface area contributed by atoms with E-state index < -0.39 is 21.6 Å². The average Bonchev–Trinajstić information content (AvgIpc) is 2.50. The fraction of sp³-hybridized carbons (Fsp3) is 0.154. The second kappa shape index (κ2) is 6.76. The highest BCUT2D eigenvalue weighted by Crippen LogP contribution is 2.25. The van der Waals surface area contributed by atoms with Crippen molar-refractivity contribution < 1.29 is 17.5 Å². The van der Waals surface area contributed by atoms with Gasteiger partial charge in [0.25, 0.3) is 0 Å². The van der Waals surface area contributed by atoms with Crippen LogP contribution in [0.2, 0.25) is 5.15 Å². The summed E-state index contributed by atoms with van der Waals surface area (Å²) >= 11 is 5.64. The molecule has 0 aliphatic heterocycles. The number of benzene rings is 1. The van der Waals surface area contributed by atoms with Gasteiger partial charge in [-0.2, -0.15) is 5.26 Å². The van der Waals surface area contributed by atoms with E-state index in [4.69, 9.17) is 21.6 Å². The minimum absolute atomic E-state index is 0.0255. The van der Waals surface area contributed by atoms with Crippen LogP contribution in [0.4, 0.5) is 10.2 Å². The molecule has 0 fully saturated rings. The molecule has 0 saturated heterocycles. The molecule has 23 heavy (non-hydrogen) atoms. The van der Waals surface area contributed by atoms with Crippen molar-refractivity contribution >= 4 is 27.4 Å². The number of hydrogen-bond donors (Lipinski definition) is 1. The topological polar surface area (TPSA) is 105 Å². The van der Waals surface area contributed by atoms with Gasteiger partial charge >= 0.3 is 0 Å². The largest absolute Gasteiger partial charge is 0.493 e. The maximum absolute atomic E-state index is 13.7. The van der Waals surface area contributed by atoms with E-state index in [2.05, 4.69) is 14.9 Å². The monoisotopic (exact) mass is 356 g/mol. The van der Waals surface area contributed by atoms with Crippen LogP contribution in [-0.4, -0.2) is 25.7 Å². The molecule has 0 aliphatic carbocycles. The number of nitriles is 1. The van der Waals surface area contributed by atoms with E-state index >= 15 is 0 Å². The van der Waals surface area contributed by atoms with Crippen LogP contribution in [0.1, 0.15) is 11.1 Å². The van der Waals surface area contributed by atoms with E-state index in [0.717, 1.165) is 6.07 Å². The molecule has 0 bridgehead atoms. The molecule has 7 nitrogen and oxygen atoms in total. The van der Waals surface area contributed by atoms with E-state index in [-0.39, 0.29) is 27.8 Å². The number of aromatic nitrogens is 2. The fourth-order valence-corrected chi connectivity index (χ4v) is 3.00. The average molecular weight is 357 g/mol. The molecule has 1 heterocycles. The zero-order valence-electron chi connectivity index (χ0n) is 11.7. The van der Waals surface area contributed by atoms with Crippen LogP contribution in [0.25, 0.3) is 0 Å². The summed E-state index contributed by atoms with van der Waals surface area (Å²) in [6.07, 6.45) is 0. The van der Waals surface area contributed by atoms with Crippen LogP contribution in [0.5, 0.6) is 5.75 Å². The SMILES string of the molecule is COc1cc(Cl)nnc1NS(=O)(=O)Cc1cc(C#N)ccc1F. The lowest BCUT2D eigenvalue weighted by Gasteiger charge is -2.10. The summed E-state index contributed by atoms with van der Waals surface area (Å²) in [7, 11) is -2.70. The van der Waals surface area contributed by atoms with Crippen molar-refractivity contribution in [1.29, 1.82) is 5.26 Å². The molecular weight excluding hydrogens is 347 g/mol. The zero-order valence-corrected chi connectivity index (χ0v) is 13.3. The summed E-state index contributed by atoms with van der Waals surface area (Å²) in [4.78, 5) is 0. The van der Waals surface area contributed by atoms with E-state index in [1.807, 2.05) is 6.07 Å². The summed E-state index contributed by atoms with van der Waals surface area (Å²) in [5, 5.41) is 15.9. The van der Waals surface area contributed by atoms with Crippen molar-refractivity contribution in [2.45, 2.75) is 5.75 Å². The maximum atomic E-state index is 13.7. The van der Waals surface area contributed by atoms with Gasteiger partial charge in [0.1, 0.15) is 5.82 Å². The Morgan fingerprint density at radius 1 is 1.39 bits per heavy atom. The second-order valence-corrected chi connectivity index (χ2v) is 6.47. The Labute approximate surface area is 136 Å². The van der Waals surface area contributed by atoms with Crippen LogP contribution in [0.3, 0.4) is 0 Å². The molecule has 120 valence electrons. The number of rotatable bonds is 5. The Morgan fingerprint density at radius 3 is 2.78 bits per heavy atom. The van der Waals surface area contributed by atoms with Crippen LogP contribution >= 0.6 is 11.6 Å². The molecule has 0 aliphatic rings. The number of anilines is 1. The van der Waals surface area contributed by atoms with Gasteiger partial charge in [-0.15, -0.1) is 10.2 Å². The van der Waals surface area contributed by atoms with Crippen LogP contribution in [0, 0.1) is 17.1 Å². The summed E-state index contributed by atoms with van der Waals surface area (Å²) < 4.78 is 45.1. The fourth-order valence-electron chi connectivity index (χ4n) is 1.72. The molecule has 0 unspecified atom stereocenters. The molecule has 2 rings (SSSR count). The minimum atomic E-state index is -4.01. The van der Waals surface area contributed by atoms with Crippen molar-refractivity contribution in [2.75, 3.05) is 11.8 Å². The Hall–Kier alpha value is -2.44. The highest BCUT2D eigenvalue weighted by molar-refractivity contribution is 7.91. The quantitative estimate of drug-likeness (QED) is 0.879. The molecule has 10 heteroatoms. The molecule has 0 saturated carbocycles. The van der Waals surface area contributed by atoms with Crippen LogP contribution in [-0.2, 0) is 15.8 Å². The lowest BCUT2D eigenvalue weighted by molar-refractivity contribution is 0.414. The molecular formula is C13H10ClFN4O3S. The molecule has 1 N–H and O–H groups in total. The molecule has 1 aromatic heterocycles. The molecule has 0 spiro atoms. The highest BCUT2D eigenvalue weighted by Gasteiger charge is 2.19. The molecule has 0 amide bonds. The highest BCUT2D eigenvalue weighted by atomic mass is 35.5. The summed E-state index contributed by atoms with van der Waals surface area (Å²) in [6, 6.07) is 6.55. The van der Waals surface area contributed by atoms with Gasteiger partial charge in [0.05, 0.1) is 24.5 Å². The summed E-state index contributed by atoms with van der Waals surface area (Å²) in [5.74, 6) is -1.51. The van der Waals surface area contributed by atoms with E-state index in [1.165, 1.54) is 25.3 Å². The minimum Gasteiger partial charge on any atom is -0.493 e. The first-order chi connectivity index (χ1) is 10.8. The first kappa shape index (κ1) is 16.9. The number of sulfonamides is 1. The number of halogens is 2. The van der Waals surface area contributed by atoms with Gasteiger partial charge in [-0.25, -0.2) is 12.8 Å². The van der Waals surface area contributed by atoms with Gasteiger partial charge in [0, 0.05) is 11.6 Å². The molecule has 2 aromatic rings. The van der Waals surface area contributed by atoms with Crippen molar-refractivity contribution in [3.63, 3.8) is 0 Å². The Balaban J connectivity index is 2.29. The third kappa shape index (κ3) is 4.28. The van der Waals surface area contributed by atoms with Crippen molar-refractivity contribution in [2.24, 2.45) is 0 Å². The van der Waals surface area contributed by atoms with E-state index in [0.29, 0.717) is 0 Å². The zero-order chi connectivity index (χ0) is 17.0. The lowest BCUT2D eigenvalue weighted by Crippen LogP contribution is -2.17. The van der Waals surface area contributed by atoms with E-state index in [9.17, 15) is 12.8 Å². The standard InChI is InChI=1S/C13H10ClFN4O3S/c1-22-11-5-12(14)17-18-13(11)19-23(20,21)7-9-4-8(6-16)2-3-10(9)15/h2-5H,7H2,1H3,(H,18,19). The number of hydrogen-bond acceptors (Lipinski definition) is 6. The number of nitrogens with zero attached hydrogens (tertiary/aromatic N) is 3. The predicted octanol–water partition coefficient (Wildman–Crippen LogP) is 2.09. The Bertz CT molecular complexity index is 883. The van der Waals surface area contributed by atoms with Gasteiger partial charge in [0.2, 0.25) is 15.8 Å². The normalized spacial score (nSPS) is 10.9. The first-order valence-electron chi connectivity index (χ1n) is 6.11. The number of nitrogens with one attached hydrogen (secondary N) is 1. The van der Waals surface area contributed by atoms with Gasteiger partial charge < -0.3 is 4.74 Å². The molecule has 1 aromatic carbocycles. The smallest absolute Gasteiger partial charge is 0.238 e. The lowest BCUT2D eigenvalue weighted by atomic mass is 10.1.